The first kappa shape index (κ1) is 54.9. The summed E-state index contributed by atoms with van der Waals surface area (Å²) in [6.07, 6.45) is 21.0. The van der Waals surface area contributed by atoms with Crippen molar-refractivity contribution in [3.8, 4) is 0 Å². The predicted molar refractivity (Wildman–Crippen MR) is 346 cm³/mol. The third kappa shape index (κ3) is 9.54. The van der Waals surface area contributed by atoms with Crippen LogP contribution in [-0.2, 0) is 51.4 Å². The summed E-state index contributed by atoms with van der Waals surface area (Å²) in [5.41, 5.74) is 19.6. The van der Waals surface area contributed by atoms with Gasteiger partial charge < -0.3 is 19.6 Å². The second kappa shape index (κ2) is 24.0. The van der Waals surface area contributed by atoms with Crippen LogP contribution < -0.4 is 19.6 Å². The van der Waals surface area contributed by atoms with E-state index in [1.807, 2.05) is 49.6 Å². The Balaban J connectivity index is 1.36. The quantitative estimate of drug-likeness (QED) is 0.0677. The first-order valence-electron chi connectivity index (χ1n) is 29.9. The molecule has 0 saturated heterocycles. The van der Waals surface area contributed by atoms with E-state index in [1.54, 1.807) is 0 Å². The second-order valence-corrected chi connectivity index (χ2v) is 20.8. The molecule has 12 aromatic rings. The summed E-state index contributed by atoms with van der Waals surface area (Å²) in [5.74, 6) is 0. The molecule has 0 fully saturated rings. The van der Waals surface area contributed by atoms with Crippen molar-refractivity contribution in [2.45, 2.75) is 107 Å². The van der Waals surface area contributed by atoms with E-state index >= 15 is 0 Å². The minimum absolute atomic E-state index is 0.715. The average Bonchev–Trinajstić information content (AvgIpc) is 1.02. The Morgan fingerprint density at radius 2 is 0.369 bits per heavy atom. The van der Waals surface area contributed by atoms with Crippen LogP contribution in [-0.4, -0.2) is 39.9 Å². The Morgan fingerprint density at radius 3 is 0.512 bits per heavy atom. The molecule has 0 unspecified atom stereocenters. The number of benzene rings is 4. The topological polar surface area (TPSA) is 116 Å². The summed E-state index contributed by atoms with van der Waals surface area (Å²) in [4.78, 5) is 50.5. The highest BCUT2D eigenvalue weighted by Gasteiger charge is 2.33. The summed E-state index contributed by atoms with van der Waals surface area (Å²) in [5, 5.41) is 6.43. The molecule has 0 spiro atoms. The number of rotatable bonds is 20. The van der Waals surface area contributed by atoms with Gasteiger partial charge in [-0.2, -0.15) is 0 Å². The third-order valence-corrected chi connectivity index (χ3v) is 16.3. The van der Waals surface area contributed by atoms with E-state index < -0.39 is 0 Å². The molecule has 0 aliphatic rings. The van der Waals surface area contributed by atoms with Gasteiger partial charge in [0, 0.05) is 81.9 Å². The molecule has 8 heterocycles. The monoisotopic (exact) mass is 1100 g/mol. The van der Waals surface area contributed by atoms with E-state index in [4.69, 9.17) is 39.9 Å². The lowest BCUT2D eigenvalue weighted by Gasteiger charge is -2.36. The van der Waals surface area contributed by atoms with Crippen molar-refractivity contribution in [2.24, 2.45) is 0 Å². The van der Waals surface area contributed by atoms with Gasteiger partial charge in [-0.05, 0) is 161 Å². The molecule has 0 atom stereocenters. The molecule has 0 aliphatic carbocycles. The van der Waals surface area contributed by atoms with Gasteiger partial charge in [-0.1, -0.05) is 79.7 Å². The Morgan fingerprint density at radius 1 is 0.214 bits per heavy atom. The lowest BCUT2D eigenvalue weighted by atomic mass is 9.88. The Hall–Kier alpha value is -9.68. The normalized spacial score (nSPS) is 11.5. The summed E-state index contributed by atoms with van der Waals surface area (Å²) < 4.78 is 0. The Kier molecular flexibility index (Phi) is 15.7. The number of anilines is 12. The van der Waals surface area contributed by atoms with Gasteiger partial charge in [-0.15, -0.1) is 0 Å². The predicted octanol–water partition coefficient (Wildman–Crippen LogP) is 18.1. The molecule has 0 amide bonds. The molecule has 8 aromatic heterocycles. The van der Waals surface area contributed by atoms with Crippen LogP contribution in [0.5, 0.6) is 0 Å². The van der Waals surface area contributed by atoms with Crippen molar-refractivity contribution in [1.29, 1.82) is 0 Å². The lowest BCUT2D eigenvalue weighted by molar-refractivity contribution is 0.992. The van der Waals surface area contributed by atoms with Crippen LogP contribution in [0.3, 0.4) is 0 Å². The Labute approximate surface area is 493 Å². The van der Waals surface area contributed by atoms with E-state index in [9.17, 15) is 0 Å². The molecule has 12 rings (SSSR count). The fraction of sp³-hybridized carbons (Fsp3) is 0.222. The van der Waals surface area contributed by atoms with Crippen LogP contribution in [0.15, 0.2) is 183 Å². The maximum absolute atomic E-state index is 5.10. The van der Waals surface area contributed by atoms with Crippen molar-refractivity contribution >= 4 is 101 Å². The number of nitrogens with zero attached hydrogens (tertiary/aromatic N) is 12. The van der Waals surface area contributed by atoms with E-state index in [2.05, 4.69) is 208 Å². The van der Waals surface area contributed by atoms with Gasteiger partial charge in [0.1, 0.15) is 0 Å². The standard InChI is InChI=1S/C72H70N12/c1-9-51-59(25-17-37-73-51)81(60-26-18-38-74-52(60)10-2)67-45-68(82(61-27-19-39-75-53(61)11-3)62-28-20-40-76-54(62)12-4)48-35-36-50-70(84(65-31-23-43-79-57(65)15-7)66-32-24-44-80-58(66)16-8)46-69(49-34-33-47(67)71(48)72(49)50)83(63-29-21-41-77-55(63)13-5)64-30-22-42-78-56(64)14-6/h17-46H,9-16H2,1-8H3. The SMILES string of the molecule is CCc1ncccc1N(c1cccnc1CC)c1cc(N(c2cccnc2CC)c2cccnc2CC)c2ccc3c(N(c4cccnc4CC)c4cccnc4CC)cc(N(c4cccnc4CC)c4cccnc4CC)c4ccc1c2c43. The zero-order valence-electron chi connectivity index (χ0n) is 49.3. The fourth-order valence-corrected chi connectivity index (χ4v) is 12.5. The summed E-state index contributed by atoms with van der Waals surface area (Å²) >= 11 is 0. The molecular formula is C72H70N12. The van der Waals surface area contributed by atoms with Crippen LogP contribution in [0, 0.1) is 0 Å². The summed E-state index contributed by atoms with van der Waals surface area (Å²) in [6, 6.07) is 48.3. The van der Waals surface area contributed by atoms with Crippen molar-refractivity contribution in [3.63, 3.8) is 0 Å². The molecule has 0 aliphatic heterocycles. The van der Waals surface area contributed by atoms with Gasteiger partial charge in [0.05, 0.1) is 114 Å². The fourth-order valence-electron chi connectivity index (χ4n) is 12.5. The molecular weight excluding hydrogens is 1030 g/mol. The van der Waals surface area contributed by atoms with Gasteiger partial charge >= 0.3 is 0 Å². The highest BCUT2D eigenvalue weighted by molar-refractivity contribution is 6.33. The number of aryl methyl sites for hydroxylation is 8. The van der Waals surface area contributed by atoms with Gasteiger partial charge in [-0.3, -0.25) is 39.9 Å². The van der Waals surface area contributed by atoms with E-state index in [1.165, 1.54) is 0 Å². The van der Waals surface area contributed by atoms with Gasteiger partial charge in [0.2, 0.25) is 0 Å². The molecule has 12 nitrogen and oxygen atoms in total. The van der Waals surface area contributed by atoms with Crippen LogP contribution in [0.4, 0.5) is 68.2 Å². The lowest BCUT2D eigenvalue weighted by Crippen LogP contribution is -2.20. The van der Waals surface area contributed by atoms with Crippen molar-refractivity contribution < 1.29 is 0 Å². The number of hydrogen-bond acceptors (Lipinski definition) is 12. The molecule has 0 N–H and O–H groups in total. The Bertz CT molecular complexity index is 3600. The first-order valence-corrected chi connectivity index (χ1v) is 29.9. The first-order chi connectivity index (χ1) is 41.4. The maximum Gasteiger partial charge on any atom is 0.0678 e. The number of aromatic nitrogens is 8. The van der Waals surface area contributed by atoms with Crippen molar-refractivity contribution in [3.05, 3.63) is 229 Å². The van der Waals surface area contributed by atoms with Crippen molar-refractivity contribution in [2.75, 3.05) is 19.6 Å². The highest BCUT2D eigenvalue weighted by Crippen LogP contribution is 2.56. The highest BCUT2D eigenvalue weighted by atomic mass is 15.2. The number of hydrogen-bond donors (Lipinski definition) is 0. The maximum atomic E-state index is 5.10. The smallest absolute Gasteiger partial charge is 0.0678 e. The van der Waals surface area contributed by atoms with Crippen LogP contribution in [0.2, 0.25) is 0 Å². The summed E-state index contributed by atoms with van der Waals surface area (Å²) in [7, 11) is 0. The molecule has 418 valence electrons. The molecule has 4 aromatic carbocycles. The average molecular weight is 1100 g/mol. The molecule has 12 heteroatoms. The van der Waals surface area contributed by atoms with Gasteiger partial charge in [0.15, 0.2) is 0 Å². The minimum atomic E-state index is 0.715. The molecule has 0 radical (unpaired) electrons. The minimum Gasteiger partial charge on any atom is -0.306 e. The summed E-state index contributed by atoms with van der Waals surface area (Å²) in [6.45, 7) is 17.5. The van der Waals surface area contributed by atoms with E-state index in [0.717, 1.165) is 146 Å². The van der Waals surface area contributed by atoms with E-state index in [-0.39, 0.29) is 0 Å². The van der Waals surface area contributed by atoms with Crippen LogP contribution in [0.25, 0.3) is 32.3 Å². The van der Waals surface area contributed by atoms with Gasteiger partial charge in [-0.25, -0.2) is 0 Å². The third-order valence-electron chi connectivity index (χ3n) is 16.3. The molecule has 0 bridgehead atoms. The second-order valence-electron chi connectivity index (χ2n) is 20.8. The van der Waals surface area contributed by atoms with Crippen molar-refractivity contribution in [1.82, 2.24) is 39.9 Å². The number of pyridine rings is 8. The van der Waals surface area contributed by atoms with Gasteiger partial charge in [0.25, 0.3) is 0 Å². The van der Waals surface area contributed by atoms with Crippen LogP contribution in [0.1, 0.15) is 101 Å². The van der Waals surface area contributed by atoms with E-state index in [0.29, 0.717) is 51.4 Å². The molecule has 0 saturated carbocycles. The zero-order valence-corrected chi connectivity index (χ0v) is 49.3. The molecule has 84 heavy (non-hydrogen) atoms. The zero-order chi connectivity index (χ0) is 57.8. The van der Waals surface area contributed by atoms with Crippen LogP contribution >= 0.6 is 0 Å². The largest absolute Gasteiger partial charge is 0.306 e.